The maximum Gasteiger partial charge on any atom is 0.228 e. The fourth-order valence-corrected chi connectivity index (χ4v) is 3.05. The summed E-state index contributed by atoms with van der Waals surface area (Å²) in [4.78, 5) is 20.7. The number of ether oxygens (including phenoxy) is 1. The average molecular weight is 290 g/mol. The highest BCUT2D eigenvalue weighted by molar-refractivity contribution is 7.22. The summed E-state index contributed by atoms with van der Waals surface area (Å²) in [7, 11) is 0. The smallest absolute Gasteiger partial charge is 0.228 e. The number of rotatable bonds is 4. The maximum absolute atomic E-state index is 11.9. The van der Waals surface area contributed by atoms with Gasteiger partial charge in [0.2, 0.25) is 5.91 Å². The molecule has 1 aliphatic heterocycles. The number of hydrogen-bond acceptors (Lipinski definition) is 6. The van der Waals surface area contributed by atoms with E-state index < -0.39 is 0 Å². The number of anilines is 2. The summed E-state index contributed by atoms with van der Waals surface area (Å²) in [6, 6.07) is 2.20. The van der Waals surface area contributed by atoms with Crippen molar-refractivity contribution in [1.82, 2.24) is 9.97 Å². The van der Waals surface area contributed by atoms with E-state index in [2.05, 4.69) is 20.6 Å². The van der Waals surface area contributed by atoms with Gasteiger partial charge in [0.05, 0.1) is 29.5 Å². The van der Waals surface area contributed by atoms with Crippen molar-refractivity contribution >= 4 is 38.4 Å². The second kappa shape index (κ2) is 4.68. The first-order chi connectivity index (χ1) is 9.79. The van der Waals surface area contributed by atoms with Crippen molar-refractivity contribution in [2.45, 2.75) is 18.9 Å². The molecular formula is C13H14N4O2S. The van der Waals surface area contributed by atoms with Gasteiger partial charge in [-0.05, 0) is 18.9 Å². The van der Waals surface area contributed by atoms with Crippen molar-refractivity contribution in [3.05, 3.63) is 12.3 Å². The lowest BCUT2D eigenvalue weighted by atomic mass is 10.3. The van der Waals surface area contributed by atoms with E-state index in [1.54, 1.807) is 6.20 Å². The first-order valence-electron chi connectivity index (χ1n) is 6.70. The third-order valence-electron chi connectivity index (χ3n) is 3.46. The fraction of sp³-hybridized carbons (Fsp3) is 0.462. The lowest BCUT2D eigenvalue weighted by Gasteiger charge is -2.26. The van der Waals surface area contributed by atoms with Crippen molar-refractivity contribution < 1.29 is 9.53 Å². The van der Waals surface area contributed by atoms with Gasteiger partial charge in [-0.25, -0.2) is 9.97 Å². The molecule has 0 spiro atoms. The van der Waals surface area contributed by atoms with Gasteiger partial charge in [0.15, 0.2) is 10.9 Å². The molecule has 1 saturated heterocycles. The molecule has 1 amide bonds. The molecule has 2 fully saturated rings. The summed E-state index contributed by atoms with van der Waals surface area (Å²) in [5.74, 6) is 0.861. The first-order valence-corrected chi connectivity index (χ1v) is 7.52. The molecule has 0 atom stereocenters. The Bertz CT molecular complexity index is 663. The molecular weight excluding hydrogens is 276 g/mol. The largest absolute Gasteiger partial charge is 0.377 e. The minimum absolute atomic E-state index is 0.0697. The minimum Gasteiger partial charge on any atom is -0.377 e. The molecule has 6 nitrogen and oxygen atoms in total. The zero-order valence-electron chi connectivity index (χ0n) is 10.8. The molecule has 0 radical (unpaired) electrons. The normalized spacial score (nSPS) is 18.8. The van der Waals surface area contributed by atoms with Crippen LogP contribution in [-0.4, -0.2) is 35.1 Å². The molecule has 2 aliphatic rings. The number of aromatic nitrogens is 2. The maximum atomic E-state index is 11.9. The van der Waals surface area contributed by atoms with E-state index in [9.17, 15) is 4.79 Å². The molecule has 3 heterocycles. The Morgan fingerprint density at radius 3 is 2.95 bits per heavy atom. The molecule has 0 aromatic carbocycles. The van der Waals surface area contributed by atoms with Crippen LogP contribution in [0.25, 0.3) is 10.2 Å². The van der Waals surface area contributed by atoms with Crippen molar-refractivity contribution in [3.63, 3.8) is 0 Å². The van der Waals surface area contributed by atoms with Crippen LogP contribution in [0.1, 0.15) is 12.8 Å². The summed E-state index contributed by atoms with van der Waals surface area (Å²) < 4.78 is 6.06. The lowest BCUT2D eigenvalue weighted by Crippen LogP contribution is -2.40. The number of fused-ring (bicyclic) bond motifs is 1. The third-order valence-corrected chi connectivity index (χ3v) is 4.47. The predicted molar refractivity (Wildman–Crippen MR) is 77.0 cm³/mol. The standard InChI is InChI=1S/C13H14N4O2S/c18-12(7-1-2-7)17-11-10-9(3-4-14-11)16-13(20-10)15-8-5-19-6-8/h3-4,7-8H,1-2,5-6H2,(H,15,16)(H,14,17,18). The molecule has 1 saturated carbocycles. The Morgan fingerprint density at radius 2 is 2.25 bits per heavy atom. The van der Waals surface area contributed by atoms with E-state index in [4.69, 9.17) is 4.74 Å². The highest BCUT2D eigenvalue weighted by Gasteiger charge is 2.30. The van der Waals surface area contributed by atoms with Gasteiger partial charge >= 0.3 is 0 Å². The molecule has 1 aliphatic carbocycles. The number of carbonyl (C=O) groups is 1. The number of nitrogens with one attached hydrogen (secondary N) is 2. The van der Waals surface area contributed by atoms with Gasteiger partial charge < -0.3 is 15.4 Å². The van der Waals surface area contributed by atoms with Crippen molar-refractivity contribution in [3.8, 4) is 0 Å². The molecule has 20 heavy (non-hydrogen) atoms. The van der Waals surface area contributed by atoms with Crippen molar-refractivity contribution in [2.75, 3.05) is 23.8 Å². The Balaban J connectivity index is 1.60. The van der Waals surface area contributed by atoms with Crippen LogP contribution >= 0.6 is 11.3 Å². The highest BCUT2D eigenvalue weighted by atomic mass is 32.1. The summed E-state index contributed by atoms with van der Waals surface area (Å²) in [6.45, 7) is 1.44. The summed E-state index contributed by atoms with van der Waals surface area (Å²) in [5, 5.41) is 7.08. The zero-order chi connectivity index (χ0) is 13.5. The van der Waals surface area contributed by atoms with E-state index in [1.807, 2.05) is 6.07 Å². The van der Waals surface area contributed by atoms with E-state index in [1.165, 1.54) is 11.3 Å². The van der Waals surface area contributed by atoms with Crippen molar-refractivity contribution in [1.29, 1.82) is 0 Å². The van der Waals surface area contributed by atoms with Gasteiger partial charge in [-0.1, -0.05) is 11.3 Å². The average Bonchev–Trinajstić information content (AvgIpc) is 3.15. The van der Waals surface area contributed by atoms with Crippen LogP contribution in [0, 0.1) is 5.92 Å². The van der Waals surface area contributed by atoms with E-state index >= 15 is 0 Å². The Kier molecular flexibility index (Phi) is 2.82. The summed E-state index contributed by atoms with van der Waals surface area (Å²) in [6.07, 6.45) is 3.65. The predicted octanol–water partition coefficient (Wildman–Crippen LogP) is 1.85. The van der Waals surface area contributed by atoms with E-state index in [0.717, 1.165) is 41.4 Å². The monoisotopic (exact) mass is 290 g/mol. The zero-order valence-corrected chi connectivity index (χ0v) is 11.6. The van der Waals surface area contributed by atoms with Gasteiger partial charge in [0.1, 0.15) is 0 Å². The van der Waals surface area contributed by atoms with Crippen LogP contribution < -0.4 is 10.6 Å². The Hall–Kier alpha value is -1.73. The van der Waals surface area contributed by atoms with Gasteiger partial charge in [-0.15, -0.1) is 0 Å². The van der Waals surface area contributed by atoms with Gasteiger partial charge in [-0.3, -0.25) is 4.79 Å². The van der Waals surface area contributed by atoms with Crippen LogP contribution in [0.4, 0.5) is 10.9 Å². The van der Waals surface area contributed by atoms with E-state index in [-0.39, 0.29) is 11.8 Å². The number of nitrogens with zero attached hydrogens (tertiary/aromatic N) is 2. The number of hydrogen-bond donors (Lipinski definition) is 2. The molecule has 7 heteroatoms. The number of pyridine rings is 1. The third kappa shape index (κ3) is 2.23. The second-order valence-corrected chi connectivity index (χ2v) is 6.17. The first kappa shape index (κ1) is 12.0. The second-order valence-electron chi connectivity index (χ2n) is 5.17. The molecule has 2 aromatic rings. The molecule has 4 rings (SSSR count). The lowest BCUT2D eigenvalue weighted by molar-refractivity contribution is -0.117. The van der Waals surface area contributed by atoms with Crippen LogP contribution in [0.2, 0.25) is 0 Å². The van der Waals surface area contributed by atoms with Crippen LogP contribution in [-0.2, 0) is 9.53 Å². The minimum atomic E-state index is 0.0697. The topological polar surface area (TPSA) is 76.1 Å². The van der Waals surface area contributed by atoms with Crippen LogP contribution in [0.5, 0.6) is 0 Å². The van der Waals surface area contributed by atoms with Gasteiger partial charge in [-0.2, -0.15) is 0 Å². The Morgan fingerprint density at radius 1 is 1.40 bits per heavy atom. The Labute approximate surface area is 119 Å². The SMILES string of the molecule is O=C(Nc1nccc2nc(NC3COC3)sc12)C1CC1. The van der Waals surface area contributed by atoms with Crippen molar-refractivity contribution in [2.24, 2.45) is 5.92 Å². The number of amides is 1. The molecule has 0 unspecified atom stereocenters. The number of carbonyl (C=O) groups excluding carboxylic acids is 1. The van der Waals surface area contributed by atoms with E-state index in [0.29, 0.717) is 11.9 Å². The van der Waals surface area contributed by atoms with Gasteiger partial charge in [0.25, 0.3) is 0 Å². The molecule has 104 valence electrons. The quantitative estimate of drug-likeness (QED) is 0.898. The summed E-state index contributed by atoms with van der Waals surface area (Å²) >= 11 is 1.52. The molecule has 2 aromatic heterocycles. The number of thiazole rings is 1. The highest BCUT2D eigenvalue weighted by Crippen LogP contribution is 2.34. The molecule has 0 bridgehead atoms. The van der Waals surface area contributed by atoms with Crippen LogP contribution in [0.15, 0.2) is 12.3 Å². The fourth-order valence-electron chi connectivity index (χ4n) is 2.06. The van der Waals surface area contributed by atoms with Crippen LogP contribution in [0.3, 0.4) is 0 Å². The van der Waals surface area contributed by atoms with Gasteiger partial charge in [0, 0.05) is 12.1 Å². The summed E-state index contributed by atoms with van der Waals surface area (Å²) in [5.41, 5.74) is 0.860. The molecule has 2 N–H and O–H groups in total.